The first kappa shape index (κ1) is 21.5. The molecule has 0 N–H and O–H groups in total. The third-order valence-corrected chi connectivity index (χ3v) is 7.30. The van der Waals surface area contributed by atoms with E-state index in [0.29, 0.717) is 16.7 Å². The summed E-state index contributed by atoms with van der Waals surface area (Å²) in [4.78, 5) is 0. The first-order chi connectivity index (χ1) is 14.3. The highest BCUT2D eigenvalue weighted by molar-refractivity contribution is 5.85. The minimum atomic E-state index is -4.90. The van der Waals surface area contributed by atoms with Crippen LogP contribution >= 0.6 is 0 Å². The Morgan fingerprint density at radius 3 is 2.47 bits per heavy atom. The van der Waals surface area contributed by atoms with Gasteiger partial charge in [-0.25, -0.2) is 4.39 Å². The van der Waals surface area contributed by atoms with Gasteiger partial charge in [-0.3, -0.25) is 0 Å². The second kappa shape index (κ2) is 8.76. The highest BCUT2D eigenvalue weighted by Gasteiger charge is 2.36. The van der Waals surface area contributed by atoms with Crippen molar-refractivity contribution in [1.29, 1.82) is 0 Å². The smallest absolute Gasteiger partial charge is 0.403 e. The molecule has 0 saturated heterocycles. The second-order valence-electron chi connectivity index (χ2n) is 9.29. The molecule has 30 heavy (non-hydrogen) atoms. The van der Waals surface area contributed by atoms with Crippen molar-refractivity contribution in [3.63, 3.8) is 0 Å². The molecule has 0 amide bonds. The molecule has 164 valence electrons. The molecule has 1 nitrogen and oxygen atoms in total. The van der Waals surface area contributed by atoms with Crippen LogP contribution in [-0.2, 0) is 0 Å². The van der Waals surface area contributed by atoms with Crippen molar-refractivity contribution in [2.75, 3.05) is 0 Å². The van der Waals surface area contributed by atoms with Crippen LogP contribution in [0.15, 0.2) is 30.3 Å². The summed E-state index contributed by atoms with van der Waals surface area (Å²) < 4.78 is 55.3. The molecule has 2 saturated carbocycles. The molecule has 5 heteroatoms. The number of hydrogen-bond donors (Lipinski definition) is 0. The van der Waals surface area contributed by atoms with Crippen LogP contribution in [0.2, 0.25) is 0 Å². The molecule has 0 aromatic heterocycles. The van der Waals surface area contributed by atoms with E-state index in [1.54, 1.807) is 6.07 Å². The van der Waals surface area contributed by atoms with E-state index in [1.807, 2.05) is 12.1 Å². The quantitative estimate of drug-likeness (QED) is 0.440. The minimum absolute atomic E-state index is 0.456. The lowest BCUT2D eigenvalue weighted by Crippen LogP contribution is -2.30. The standard InChI is InChI=1S/C25H30F4O/c1-2-3-4-16-5-6-18-12-19(8-7-17(18)11-16)20-9-10-21-15-24(30-25(27,28)29)23(26)14-22(21)13-20/h9-10,13-19H,2-8,11-12H2,1H3/t16-,17?,18-,19?/m1/s1. The number of rotatable bonds is 5. The van der Waals surface area contributed by atoms with Crippen molar-refractivity contribution in [3.8, 4) is 5.75 Å². The van der Waals surface area contributed by atoms with Gasteiger partial charge in [0.05, 0.1) is 0 Å². The van der Waals surface area contributed by atoms with Gasteiger partial charge in [0.1, 0.15) is 0 Å². The van der Waals surface area contributed by atoms with Crippen molar-refractivity contribution in [2.24, 2.45) is 17.8 Å². The van der Waals surface area contributed by atoms with E-state index in [-0.39, 0.29) is 0 Å². The topological polar surface area (TPSA) is 9.23 Å². The van der Waals surface area contributed by atoms with E-state index in [2.05, 4.69) is 11.7 Å². The van der Waals surface area contributed by atoms with Crippen LogP contribution in [0.1, 0.15) is 76.2 Å². The molecule has 0 heterocycles. The zero-order chi connectivity index (χ0) is 21.3. The van der Waals surface area contributed by atoms with E-state index in [0.717, 1.165) is 36.3 Å². The van der Waals surface area contributed by atoms with Gasteiger partial charge >= 0.3 is 6.36 Å². The molecule has 0 radical (unpaired) electrons. The molecule has 0 aliphatic heterocycles. The van der Waals surface area contributed by atoms with Crippen molar-refractivity contribution in [2.45, 2.75) is 77.0 Å². The third-order valence-electron chi connectivity index (χ3n) is 7.30. The Kier molecular flexibility index (Phi) is 6.26. The lowest BCUT2D eigenvalue weighted by molar-refractivity contribution is -0.275. The molecule has 4 atom stereocenters. The van der Waals surface area contributed by atoms with Crippen LogP contribution in [0.5, 0.6) is 5.75 Å². The van der Waals surface area contributed by atoms with Gasteiger partial charge in [0, 0.05) is 0 Å². The summed E-state index contributed by atoms with van der Waals surface area (Å²) in [6, 6.07) is 8.03. The average molecular weight is 423 g/mol. The van der Waals surface area contributed by atoms with Gasteiger partial charge < -0.3 is 4.74 Å². The van der Waals surface area contributed by atoms with Crippen LogP contribution in [0.4, 0.5) is 17.6 Å². The van der Waals surface area contributed by atoms with Gasteiger partial charge in [0.25, 0.3) is 0 Å². The summed E-state index contributed by atoms with van der Waals surface area (Å²) >= 11 is 0. The average Bonchev–Trinajstić information content (AvgIpc) is 2.71. The molecule has 2 aliphatic rings. The molecule has 0 bridgehead atoms. The van der Waals surface area contributed by atoms with Gasteiger partial charge in [-0.15, -0.1) is 13.2 Å². The number of unbranched alkanes of at least 4 members (excludes halogenated alkanes) is 1. The molecule has 0 spiro atoms. The van der Waals surface area contributed by atoms with Crippen LogP contribution in [-0.4, -0.2) is 6.36 Å². The molecule has 2 aromatic carbocycles. The normalized spacial score (nSPS) is 27.1. The number of benzene rings is 2. The Balaban J connectivity index is 1.46. The highest BCUT2D eigenvalue weighted by Crippen LogP contribution is 2.48. The Bertz CT molecular complexity index is 875. The Labute approximate surface area is 175 Å². The highest BCUT2D eigenvalue weighted by atomic mass is 19.4. The maximum atomic E-state index is 14.1. The summed E-state index contributed by atoms with van der Waals surface area (Å²) in [5.74, 6) is 1.22. The SMILES string of the molecule is CCCC[C@@H]1CC[C@@H]2CC(c3ccc4cc(OC(F)(F)F)c(F)cc4c3)CCC2C1. The summed E-state index contributed by atoms with van der Waals surface area (Å²) in [6.45, 7) is 2.26. The number of fused-ring (bicyclic) bond motifs is 2. The zero-order valence-corrected chi connectivity index (χ0v) is 17.5. The Hall–Kier alpha value is -1.78. The third kappa shape index (κ3) is 4.92. The molecule has 2 aromatic rings. The monoisotopic (exact) mass is 422 g/mol. The maximum Gasteiger partial charge on any atom is 0.573 e. The lowest BCUT2D eigenvalue weighted by Gasteiger charge is -2.42. The Morgan fingerprint density at radius 1 is 0.933 bits per heavy atom. The largest absolute Gasteiger partial charge is 0.573 e. The van der Waals surface area contributed by atoms with Crippen LogP contribution < -0.4 is 4.74 Å². The van der Waals surface area contributed by atoms with Crippen molar-refractivity contribution < 1.29 is 22.3 Å². The van der Waals surface area contributed by atoms with Crippen molar-refractivity contribution >= 4 is 10.8 Å². The van der Waals surface area contributed by atoms with Gasteiger partial charge in [-0.2, -0.15) is 0 Å². The fourth-order valence-electron chi connectivity index (χ4n) is 5.77. The fourth-order valence-corrected chi connectivity index (χ4v) is 5.77. The van der Waals surface area contributed by atoms with Crippen molar-refractivity contribution in [3.05, 3.63) is 41.7 Å². The number of alkyl halides is 3. The first-order valence-corrected chi connectivity index (χ1v) is 11.3. The molecule has 2 aliphatic carbocycles. The summed E-state index contributed by atoms with van der Waals surface area (Å²) in [6.07, 6.45) is 6.70. The fraction of sp³-hybridized carbons (Fsp3) is 0.600. The van der Waals surface area contributed by atoms with Gasteiger partial charge in [-0.1, -0.05) is 50.8 Å². The van der Waals surface area contributed by atoms with Gasteiger partial charge in [0.15, 0.2) is 11.6 Å². The predicted molar refractivity (Wildman–Crippen MR) is 111 cm³/mol. The van der Waals surface area contributed by atoms with Gasteiger partial charge in [-0.05, 0) is 84.2 Å². The van der Waals surface area contributed by atoms with E-state index >= 15 is 0 Å². The number of halogens is 4. The molecular formula is C25H30F4O. The molecule has 2 fully saturated rings. The van der Waals surface area contributed by atoms with Crippen LogP contribution in [0.25, 0.3) is 10.8 Å². The minimum Gasteiger partial charge on any atom is -0.403 e. The Morgan fingerprint density at radius 2 is 1.70 bits per heavy atom. The second-order valence-corrected chi connectivity index (χ2v) is 9.29. The van der Waals surface area contributed by atoms with Crippen LogP contribution in [0, 0.1) is 23.6 Å². The van der Waals surface area contributed by atoms with E-state index in [4.69, 9.17) is 0 Å². The van der Waals surface area contributed by atoms with E-state index in [9.17, 15) is 17.6 Å². The van der Waals surface area contributed by atoms with E-state index in [1.165, 1.54) is 56.9 Å². The summed E-state index contributed by atoms with van der Waals surface area (Å²) in [7, 11) is 0. The first-order valence-electron chi connectivity index (χ1n) is 11.3. The van der Waals surface area contributed by atoms with Crippen LogP contribution in [0.3, 0.4) is 0 Å². The summed E-state index contributed by atoms with van der Waals surface area (Å²) in [5, 5.41) is 1.19. The number of ether oxygens (including phenoxy) is 1. The van der Waals surface area contributed by atoms with Crippen molar-refractivity contribution in [1.82, 2.24) is 0 Å². The number of hydrogen-bond acceptors (Lipinski definition) is 1. The van der Waals surface area contributed by atoms with Gasteiger partial charge in [0.2, 0.25) is 0 Å². The van der Waals surface area contributed by atoms with E-state index < -0.39 is 17.9 Å². The predicted octanol–water partition coefficient (Wildman–Crippen LogP) is 8.37. The maximum absolute atomic E-state index is 14.1. The molecule has 2 unspecified atom stereocenters. The molecular weight excluding hydrogens is 392 g/mol. The zero-order valence-electron chi connectivity index (χ0n) is 17.5. The lowest BCUT2D eigenvalue weighted by atomic mass is 9.63. The molecule has 4 rings (SSSR count). The summed E-state index contributed by atoms with van der Waals surface area (Å²) in [5.41, 5.74) is 1.18.